The molecule has 2 amide bonds. The number of hydrogen-bond donors (Lipinski definition) is 2. The van der Waals surface area contributed by atoms with Crippen LogP contribution in [0.3, 0.4) is 0 Å². The fraction of sp³-hybridized carbons (Fsp3) is 0.0870. The van der Waals surface area contributed by atoms with Gasteiger partial charge in [-0.05, 0) is 61.0 Å². The SMILES string of the molecule is C/C(=N\NC(=O)COc1ccccc1Cl)c1ccc(NC(=O)c2ccc(F)cc2)cc1. The molecule has 31 heavy (non-hydrogen) atoms. The van der Waals surface area contributed by atoms with Crippen LogP contribution in [-0.2, 0) is 4.79 Å². The molecule has 0 bridgehead atoms. The normalized spacial score (nSPS) is 11.0. The molecule has 3 aromatic carbocycles. The number of carbonyl (C=O) groups excluding carboxylic acids is 2. The molecule has 0 saturated heterocycles. The molecule has 0 heterocycles. The summed E-state index contributed by atoms with van der Waals surface area (Å²) in [6.07, 6.45) is 0. The molecule has 2 N–H and O–H groups in total. The molecule has 0 atom stereocenters. The number of carbonyl (C=O) groups is 2. The van der Waals surface area contributed by atoms with Crippen molar-refractivity contribution in [3.8, 4) is 5.75 Å². The average Bonchev–Trinajstić information content (AvgIpc) is 2.78. The first-order valence-electron chi connectivity index (χ1n) is 9.30. The quantitative estimate of drug-likeness (QED) is 0.415. The monoisotopic (exact) mass is 439 g/mol. The fourth-order valence-electron chi connectivity index (χ4n) is 2.55. The molecule has 0 spiro atoms. The van der Waals surface area contributed by atoms with Crippen molar-refractivity contribution in [1.29, 1.82) is 0 Å². The van der Waals surface area contributed by atoms with E-state index in [-0.39, 0.29) is 12.5 Å². The standard InChI is InChI=1S/C23H19ClFN3O3/c1-15(27-28-22(29)14-31-21-5-3-2-4-20(21)24)16-8-12-19(13-9-16)26-23(30)17-6-10-18(25)11-7-17/h2-13H,14H2,1H3,(H,26,30)(H,28,29)/b27-15+. The van der Waals surface area contributed by atoms with Crippen LogP contribution in [0.1, 0.15) is 22.8 Å². The third-order valence-electron chi connectivity index (χ3n) is 4.21. The fourth-order valence-corrected chi connectivity index (χ4v) is 2.74. The Hall–Kier alpha value is -3.71. The van der Waals surface area contributed by atoms with Gasteiger partial charge in [-0.3, -0.25) is 9.59 Å². The van der Waals surface area contributed by atoms with Gasteiger partial charge in [0.15, 0.2) is 6.61 Å². The molecule has 0 aliphatic carbocycles. The van der Waals surface area contributed by atoms with Crippen molar-refractivity contribution in [2.24, 2.45) is 5.10 Å². The Morgan fingerprint density at radius 3 is 2.29 bits per heavy atom. The van der Waals surface area contributed by atoms with Crippen LogP contribution in [0.25, 0.3) is 0 Å². The number of halogens is 2. The first-order valence-corrected chi connectivity index (χ1v) is 9.68. The van der Waals surface area contributed by atoms with Gasteiger partial charge in [0.25, 0.3) is 11.8 Å². The van der Waals surface area contributed by atoms with E-state index < -0.39 is 11.7 Å². The van der Waals surface area contributed by atoms with Crippen molar-refractivity contribution in [2.75, 3.05) is 11.9 Å². The van der Waals surface area contributed by atoms with Crippen LogP contribution in [-0.4, -0.2) is 24.1 Å². The second kappa shape index (κ2) is 10.4. The molecule has 158 valence electrons. The number of rotatable bonds is 7. The number of benzene rings is 3. The molecular formula is C23H19ClFN3O3. The Morgan fingerprint density at radius 2 is 1.61 bits per heavy atom. The molecule has 0 fully saturated rings. The zero-order valence-corrected chi connectivity index (χ0v) is 17.3. The molecule has 0 aromatic heterocycles. The number of hydrazone groups is 1. The molecule has 3 aromatic rings. The molecule has 0 radical (unpaired) electrons. The van der Waals surface area contributed by atoms with E-state index in [1.807, 2.05) is 0 Å². The number of anilines is 1. The lowest BCUT2D eigenvalue weighted by molar-refractivity contribution is -0.123. The van der Waals surface area contributed by atoms with Gasteiger partial charge in [-0.15, -0.1) is 0 Å². The van der Waals surface area contributed by atoms with Crippen LogP contribution >= 0.6 is 11.6 Å². The van der Waals surface area contributed by atoms with E-state index in [0.717, 1.165) is 5.56 Å². The maximum absolute atomic E-state index is 13.0. The van der Waals surface area contributed by atoms with Gasteiger partial charge in [0, 0.05) is 11.3 Å². The van der Waals surface area contributed by atoms with Crippen molar-refractivity contribution in [3.05, 3.63) is 94.8 Å². The van der Waals surface area contributed by atoms with E-state index in [9.17, 15) is 14.0 Å². The van der Waals surface area contributed by atoms with Crippen LogP contribution in [0.4, 0.5) is 10.1 Å². The van der Waals surface area contributed by atoms with E-state index in [4.69, 9.17) is 16.3 Å². The summed E-state index contributed by atoms with van der Waals surface area (Å²) in [5.74, 6) is -0.761. The van der Waals surface area contributed by atoms with Crippen LogP contribution < -0.4 is 15.5 Å². The molecule has 0 unspecified atom stereocenters. The highest BCUT2D eigenvalue weighted by molar-refractivity contribution is 6.32. The summed E-state index contributed by atoms with van der Waals surface area (Å²) < 4.78 is 18.3. The average molecular weight is 440 g/mol. The first-order chi connectivity index (χ1) is 14.9. The topological polar surface area (TPSA) is 79.8 Å². The van der Waals surface area contributed by atoms with Crippen molar-refractivity contribution < 1.29 is 18.7 Å². The molecule has 3 rings (SSSR count). The van der Waals surface area contributed by atoms with Crippen LogP contribution in [0, 0.1) is 5.82 Å². The summed E-state index contributed by atoms with van der Waals surface area (Å²) >= 11 is 5.98. The lowest BCUT2D eigenvalue weighted by Gasteiger charge is -2.08. The van der Waals surface area contributed by atoms with E-state index in [0.29, 0.717) is 27.7 Å². The summed E-state index contributed by atoms with van der Waals surface area (Å²) in [6, 6.07) is 19.1. The largest absolute Gasteiger partial charge is 0.482 e. The highest BCUT2D eigenvalue weighted by Crippen LogP contribution is 2.22. The van der Waals surface area contributed by atoms with Gasteiger partial charge < -0.3 is 10.1 Å². The Bertz CT molecular complexity index is 1100. The summed E-state index contributed by atoms with van der Waals surface area (Å²) in [7, 11) is 0. The van der Waals surface area contributed by atoms with E-state index in [1.54, 1.807) is 55.5 Å². The van der Waals surface area contributed by atoms with Crippen molar-refractivity contribution in [2.45, 2.75) is 6.92 Å². The summed E-state index contributed by atoms with van der Waals surface area (Å²) in [5.41, 5.74) is 4.68. The van der Waals surface area contributed by atoms with Gasteiger partial charge in [-0.1, -0.05) is 35.9 Å². The molecule has 0 saturated carbocycles. The third-order valence-corrected chi connectivity index (χ3v) is 4.52. The van der Waals surface area contributed by atoms with Crippen molar-refractivity contribution >= 4 is 34.8 Å². The molecule has 0 aliphatic rings. The highest BCUT2D eigenvalue weighted by atomic mass is 35.5. The number of amides is 2. The highest BCUT2D eigenvalue weighted by Gasteiger charge is 2.08. The van der Waals surface area contributed by atoms with E-state index in [2.05, 4.69) is 15.8 Å². The summed E-state index contributed by atoms with van der Waals surface area (Å²) in [5, 5.41) is 7.21. The van der Waals surface area contributed by atoms with Crippen molar-refractivity contribution in [3.63, 3.8) is 0 Å². The lowest BCUT2D eigenvalue weighted by atomic mass is 10.1. The van der Waals surface area contributed by atoms with E-state index in [1.165, 1.54) is 24.3 Å². The Balaban J connectivity index is 1.53. The smallest absolute Gasteiger partial charge is 0.277 e. The Morgan fingerprint density at radius 1 is 0.968 bits per heavy atom. The Labute approximate surface area is 183 Å². The number of hydrogen-bond acceptors (Lipinski definition) is 4. The Kier molecular flexibility index (Phi) is 7.35. The molecular weight excluding hydrogens is 421 g/mol. The second-order valence-electron chi connectivity index (χ2n) is 6.49. The summed E-state index contributed by atoms with van der Waals surface area (Å²) in [4.78, 5) is 24.1. The predicted molar refractivity (Wildman–Crippen MR) is 118 cm³/mol. The number of nitrogens with zero attached hydrogens (tertiary/aromatic N) is 1. The van der Waals surface area contributed by atoms with Crippen molar-refractivity contribution in [1.82, 2.24) is 5.43 Å². The first kappa shape index (κ1) is 22.0. The second-order valence-corrected chi connectivity index (χ2v) is 6.90. The third kappa shape index (κ3) is 6.38. The maximum atomic E-state index is 13.0. The molecule has 6 nitrogen and oxygen atoms in total. The zero-order chi connectivity index (χ0) is 22.2. The number of para-hydroxylation sites is 1. The van der Waals surface area contributed by atoms with E-state index >= 15 is 0 Å². The molecule has 0 aliphatic heterocycles. The van der Waals surface area contributed by atoms with Crippen LogP contribution in [0.5, 0.6) is 5.75 Å². The van der Waals surface area contributed by atoms with Crippen LogP contribution in [0.2, 0.25) is 5.02 Å². The van der Waals surface area contributed by atoms with Gasteiger partial charge in [0.2, 0.25) is 0 Å². The molecule has 8 heteroatoms. The minimum absolute atomic E-state index is 0.227. The van der Waals surface area contributed by atoms with Gasteiger partial charge in [0.1, 0.15) is 11.6 Å². The van der Waals surface area contributed by atoms with Gasteiger partial charge >= 0.3 is 0 Å². The minimum atomic E-state index is -0.428. The zero-order valence-electron chi connectivity index (χ0n) is 16.6. The van der Waals surface area contributed by atoms with Gasteiger partial charge in [0.05, 0.1) is 10.7 Å². The number of ether oxygens (including phenoxy) is 1. The number of nitrogens with one attached hydrogen (secondary N) is 2. The lowest BCUT2D eigenvalue weighted by Crippen LogP contribution is -2.25. The predicted octanol–water partition coefficient (Wildman–Crippen LogP) is 4.65. The van der Waals surface area contributed by atoms with Gasteiger partial charge in [-0.25, -0.2) is 9.82 Å². The summed E-state index contributed by atoms with van der Waals surface area (Å²) in [6.45, 7) is 1.51. The van der Waals surface area contributed by atoms with Crippen LogP contribution in [0.15, 0.2) is 77.9 Å². The maximum Gasteiger partial charge on any atom is 0.277 e. The minimum Gasteiger partial charge on any atom is -0.482 e. The van der Waals surface area contributed by atoms with Gasteiger partial charge in [-0.2, -0.15) is 5.10 Å².